The van der Waals surface area contributed by atoms with E-state index in [4.69, 9.17) is 9.47 Å². The van der Waals surface area contributed by atoms with E-state index < -0.39 is 0 Å². The molecule has 0 saturated carbocycles. The van der Waals surface area contributed by atoms with Crippen molar-refractivity contribution in [2.24, 2.45) is 0 Å². The van der Waals surface area contributed by atoms with Crippen molar-refractivity contribution >= 4 is 23.1 Å². The van der Waals surface area contributed by atoms with Crippen LogP contribution < -0.4 is 9.64 Å². The highest BCUT2D eigenvalue weighted by Gasteiger charge is 2.42. The topological polar surface area (TPSA) is 59.1 Å². The Kier molecular flexibility index (Phi) is 5.58. The Labute approximate surface area is 183 Å². The molecule has 0 aliphatic carbocycles. The molecule has 0 aromatic heterocycles. The third-order valence-electron chi connectivity index (χ3n) is 5.76. The Bertz CT molecular complexity index is 1010. The predicted molar refractivity (Wildman–Crippen MR) is 120 cm³/mol. The van der Waals surface area contributed by atoms with Crippen molar-refractivity contribution in [1.82, 2.24) is 4.90 Å². The number of carbonyl (C=O) groups is 2. The summed E-state index contributed by atoms with van der Waals surface area (Å²) in [4.78, 5) is 30.4. The van der Waals surface area contributed by atoms with Gasteiger partial charge in [-0.15, -0.1) is 0 Å². The average molecular weight is 421 g/mol. The van der Waals surface area contributed by atoms with Crippen LogP contribution in [-0.4, -0.2) is 50.1 Å². The van der Waals surface area contributed by atoms with Gasteiger partial charge in [-0.05, 0) is 40.8 Å². The van der Waals surface area contributed by atoms with E-state index in [1.54, 1.807) is 19.2 Å². The van der Waals surface area contributed by atoms with Crippen molar-refractivity contribution in [3.8, 4) is 5.75 Å². The highest BCUT2D eigenvalue weighted by Crippen LogP contribution is 2.36. The van der Waals surface area contributed by atoms with Crippen molar-refractivity contribution in [2.45, 2.75) is 26.2 Å². The third kappa shape index (κ3) is 3.95. The van der Waals surface area contributed by atoms with Crippen LogP contribution in [0.4, 0.5) is 5.69 Å². The molecule has 6 nitrogen and oxygen atoms in total. The molecule has 4 rings (SSSR count). The van der Waals surface area contributed by atoms with Crippen LogP contribution in [0.1, 0.15) is 31.9 Å². The summed E-state index contributed by atoms with van der Waals surface area (Å²) in [5, 5.41) is 0. The lowest BCUT2D eigenvalue weighted by molar-refractivity contribution is -0.121. The Morgan fingerprint density at radius 1 is 0.871 bits per heavy atom. The summed E-state index contributed by atoms with van der Waals surface area (Å²) >= 11 is 0. The van der Waals surface area contributed by atoms with E-state index in [0.29, 0.717) is 54.6 Å². The van der Waals surface area contributed by atoms with Crippen LogP contribution in [0.2, 0.25) is 0 Å². The monoisotopic (exact) mass is 420 g/mol. The van der Waals surface area contributed by atoms with Crippen LogP contribution >= 0.6 is 0 Å². The Morgan fingerprint density at radius 3 is 2.03 bits per heavy atom. The molecule has 31 heavy (non-hydrogen) atoms. The van der Waals surface area contributed by atoms with Crippen LogP contribution in [-0.2, 0) is 19.7 Å². The zero-order chi connectivity index (χ0) is 22.2. The first-order valence-corrected chi connectivity index (χ1v) is 10.5. The molecule has 0 spiro atoms. The normalized spacial score (nSPS) is 17.5. The minimum atomic E-state index is -0.305. The van der Waals surface area contributed by atoms with E-state index in [2.05, 4.69) is 20.8 Å². The van der Waals surface area contributed by atoms with Gasteiger partial charge in [0.2, 0.25) is 0 Å². The van der Waals surface area contributed by atoms with E-state index in [9.17, 15) is 9.59 Å². The standard InChI is InChI=1S/C25H28N2O4/c1-25(2,3)18-7-9-19(10-8-18)27-23(28)21(17-5-11-20(30-4)12-6-17)22(24(27)29)26-13-15-31-16-14-26/h5-12H,13-16H2,1-4H3. The SMILES string of the molecule is COc1ccc(C2=C(N3CCOCC3)C(=O)N(c3ccc(C(C)(C)C)cc3)C2=O)cc1. The third-order valence-corrected chi connectivity index (χ3v) is 5.76. The van der Waals surface area contributed by atoms with Crippen LogP contribution in [0.5, 0.6) is 5.75 Å². The molecule has 2 heterocycles. The molecule has 2 aromatic carbocycles. The number of nitrogens with zero attached hydrogens (tertiary/aromatic N) is 2. The first kappa shape index (κ1) is 21.1. The minimum absolute atomic E-state index is 0.0109. The fourth-order valence-corrected chi connectivity index (χ4v) is 3.96. The zero-order valence-electron chi connectivity index (χ0n) is 18.5. The molecule has 0 bridgehead atoms. The van der Waals surface area contributed by atoms with E-state index in [1.807, 2.05) is 41.3 Å². The molecule has 1 saturated heterocycles. The number of benzene rings is 2. The van der Waals surface area contributed by atoms with Crippen molar-refractivity contribution in [3.63, 3.8) is 0 Å². The number of hydrogen-bond donors (Lipinski definition) is 0. The number of hydrogen-bond acceptors (Lipinski definition) is 5. The highest BCUT2D eigenvalue weighted by molar-refractivity contribution is 6.45. The van der Waals surface area contributed by atoms with Gasteiger partial charge in [-0.2, -0.15) is 0 Å². The smallest absolute Gasteiger partial charge is 0.282 e. The fourth-order valence-electron chi connectivity index (χ4n) is 3.96. The summed E-state index contributed by atoms with van der Waals surface area (Å²) in [6, 6.07) is 14.9. The number of morpholine rings is 1. The molecular formula is C25H28N2O4. The van der Waals surface area contributed by atoms with Crippen molar-refractivity contribution < 1.29 is 19.1 Å². The average Bonchev–Trinajstić information content (AvgIpc) is 3.04. The molecule has 2 aliphatic heterocycles. The zero-order valence-corrected chi connectivity index (χ0v) is 18.5. The second kappa shape index (κ2) is 8.19. The highest BCUT2D eigenvalue weighted by atomic mass is 16.5. The Morgan fingerprint density at radius 2 is 1.48 bits per heavy atom. The van der Waals surface area contributed by atoms with E-state index in [-0.39, 0.29) is 17.2 Å². The quantitative estimate of drug-likeness (QED) is 0.708. The lowest BCUT2D eigenvalue weighted by Gasteiger charge is -2.29. The van der Waals surface area contributed by atoms with Crippen molar-refractivity contribution in [2.75, 3.05) is 38.3 Å². The molecule has 6 heteroatoms. The number of ether oxygens (including phenoxy) is 2. The second-order valence-electron chi connectivity index (χ2n) is 8.79. The number of anilines is 1. The molecular weight excluding hydrogens is 392 g/mol. The number of methoxy groups -OCH3 is 1. The summed E-state index contributed by atoms with van der Waals surface area (Å²) in [5.41, 5.74) is 3.29. The van der Waals surface area contributed by atoms with Gasteiger partial charge in [-0.25, -0.2) is 4.90 Å². The molecule has 0 radical (unpaired) electrons. The van der Waals surface area contributed by atoms with E-state index in [1.165, 1.54) is 4.90 Å². The molecule has 2 aliphatic rings. The fraction of sp³-hybridized carbons (Fsp3) is 0.360. The maximum absolute atomic E-state index is 13.6. The lowest BCUT2D eigenvalue weighted by atomic mass is 9.87. The maximum Gasteiger partial charge on any atom is 0.282 e. The van der Waals surface area contributed by atoms with Crippen LogP contribution in [0.25, 0.3) is 5.57 Å². The van der Waals surface area contributed by atoms with Gasteiger partial charge in [0.25, 0.3) is 11.8 Å². The molecule has 0 N–H and O–H groups in total. The van der Waals surface area contributed by atoms with Gasteiger partial charge in [0.1, 0.15) is 11.4 Å². The van der Waals surface area contributed by atoms with Gasteiger partial charge in [0.15, 0.2) is 0 Å². The number of carbonyl (C=O) groups excluding carboxylic acids is 2. The minimum Gasteiger partial charge on any atom is -0.497 e. The predicted octanol–water partition coefficient (Wildman–Crippen LogP) is 3.61. The first-order chi connectivity index (χ1) is 14.8. The molecule has 2 aromatic rings. The first-order valence-electron chi connectivity index (χ1n) is 10.5. The Hall–Kier alpha value is -3.12. The van der Waals surface area contributed by atoms with Crippen LogP contribution in [0, 0.1) is 0 Å². The van der Waals surface area contributed by atoms with Gasteiger partial charge < -0.3 is 14.4 Å². The largest absolute Gasteiger partial charge is 0.497 e. The van der Waals surface area contributed by atoms with Gasteiger partial charge in [0, 0.05) is 13.1 Å². The van der Waals surface area contributed by atoms with Crippen LogP contribution in [0.3, 0.4) is 0 Å². The van der Waals surface area contributed by atoms with E-state index in [0.717, 1.165) is 5.56 Å². The number of imide groups is 1. The second-order valence-corrected chi connectivity index (χ2v) is 8.79. The number of amides is 2. The molecule has 0 unspecified atom stereocenters. The molecule has 1 fully saturated rings. The number of rotatable bonds is 4. The van der Waals surface area contributed by atoms with E-state index >= 15 is 0 Å². The van der Waals surface area contributed by atoms with Crippen LogP contribution in [0.15, 0.2) is 54.2 Å². The summed E-state index contributed by atoms with van der Waals surface area (Å²) in [7, 11) is 1.60. The van der Waals surface area contributed by atoms with Gasteiger partial charge in [-0.1, -0.05) is 45.0 Å². The summed E-state index contributed by atoms with van der Waals surface area (Å²) in [6.45, 7) is 8.61. The molecule has 2 amide bonds. The lowest BCUT2D eigenvalue weighted by Crippen LogP contribution is -2.40. The van der Waals surface area contributed by atoms with Crippen molar-refractivity contribution in [3.05, 3.63) is 65.4 Å². The summed E-state index contributed by atoms with van der Waals surface area (Å²) < 4.78 is 10.7. The molecule has 162 valence electrons. The maximum atomic E-state index is 13.6. The molecule has 0 atom stereocenters. The van der Waals surface area contributed by atoms with Gasteiger partial charge in [-0.3, -0.25) is 9.59 Å². The van der Waals surface area contributed by atoms with Crippen molar-refractivity contribution in [1.29, 1.82) is 0 Å². The van der Waals surface area contributed by atoms with Gasteiger partial charge >= 0.3 is 0 Å². The van der Waals surface area contributed by atoms with Gasteiger partial charge in [0.05, 0.1) is 31.6 Å². The summed E-state index contributed by atoms with van der Waals surface area (Å²) in [5.74, 6) is 0.102. The summed E-state index contributed by atoms with van der Waals surface area (Å²) in [6.07, 6.45) is 0. The Balaban J connectivity index is 1.76.